The van der Waals surface area contributed by atoms with Crippen LogP contribution in [-0.2, 0) is 0 Å². The minimum absolute atomic E-state index is 0.268. The lowest BCUT2D eigenvalue weighted by atomic mass is 9.97. The Kier molecular flexibility index (Phi) is 4.71. The third-order valence-electron chi connectivity index (χ3n) is 3.31. The Bertz CT molecular complexity index is 428. The maximum Gasteiger partial charge on any atom is 0.319 e. The van der Waals surface area contributed by atoms with Crippen LogP contribution in [0.3, 0.4) is 0 Å². The maximum absolute atomic E-state index is 11.7. The average Bonchev–Trinajstić information content (AvgIpc) is 2.40. The molecule has 1 aliphatic heterocycles. The summed E-state index contributed by atoms with van der Waals surface area (Å²) < 4.78 is 0. The molecule has 5 heteroatoms. The number of benzene rings is 1. The van der Waals surface area contributed by atoms with Crippen LogP contribution < -0.4 is 10.6 Å². The molecule has 0 radical (unpaired) electrons. The zero-order valence-corrected chi connectivity index (χ0v) is 11.9. The highest BCUT2D eigenvalue weighted by molar-refractivity contribution is 7.99. The number of anilines is 1. The lowest BCUT2D eigenvalue weighted by molar-refractivity contribution is 0.0351. The van der Waals surface area contributed by atoms with E-state index in [1.54, 1.807) is 0 Å². The molecular weight excluding hydrogens is 260 g/mol. The van der Waals surface area contributed by atoms with Crippen LogP contribution >= 0.6 is 11.8 Å². The van der Waals surface area contributed by atoms with Crippen LogP contribution in [0, 0.1) is 6.92 Å². The van der Waals surface area contributed by atoms with E-state index >= 15 is 0 Å². The van der Waals surface area contributed by atoms with Crippen molar-refractivity contribution >= 4 is 23.5 Å². The van der Waals surface area contributed by atoms with E-state index in [4.69, 9.17) is 0 Å². The number of carbonyl (C=O) groups is 1. The molecular formula is C14H20N2O2S. The fraction of sp³-hybridized carbons (Fsp3) is 0.500. The van der Waals surface area contributed by atoms with Crippen molar-refractivity contribution in [3.8, 4) is 0 Å². The molecule has 2 rings (SSSR count). The molecule has 1 aliphatic rings. The Morgan fingerprint density at radius 2 is 1.95 bits per heavy atom. The number of carbonyl (C=O) groups excluding carboxylic acids is 1. The van der Waals surface area contributed by atoms with Gasteiger partial charge >= 0.3 is 6.03 Å². The van der Waals surface area contributed by atoms with Gasteiger partial charge in [-0.3, -0.25) is 0 Å². The van der Waals surface area contributed by atoms with Crippen molar-refractivity contribution in [2.75, 3.05) is 23.4 Å². The van der Waals surface area contributed by atoms with Crippen molar-refractivity contribution in [3.05, 3.63) is 29.8 Å². The van der Waals surface area contributed by atoms with Gasteiger partial charge in [0.15, 0.2) is 0 Å². The molecule has 1 heterocycles. The largest absolute Gasteiger partial charge is 0.388 e. The van der Waals surface area contributed by atoms with Gasteiger partial charge in [-0.05, 0) is 43.4 Å². The Morgan fingerprint density at radius 3 is 2.58 bits per heavy atom. The molecule has 1 aromatic rings. The van der Waals surface area contributed by atoms with E-state index in [-0.39, 0.29) is 6.03 Å². The van der Waals surface area contributed by atoms with Crippen molar-refractivity contribution in [1.82, 2.24) is 5.32 Å². The SMILES string of the molecule is Cc1ccc(NC(=O)NCC2(O)CCSCC2)cc1. The van der Waals surface area contributed by atoms with Crippen LogP contribution in [0.15, 0.2) is 24.3 Å². The fourth-order valence-corrected chi connectivity index (χ4v) is 3.24. The summed E-state index contributed by atoms with van der Waals surface area (Å²) in [6.07, 6.45) is 1.48. The van der Waals surface area contributed by atoms with E-state index in [0.717, 1.165) is 35.6 Å². The number of hydrogen-bond acceptors (Lipinski definition) is 3. The molecule has 2 amide bonds. The van der Waals surface area contributed by atoms with E-state index in [1.165, 1.54) is 0 Å². The zero-order valence-electron chi connectivity index (χ0n) is 11.1. The molecule has 0 atom stereocenters. The Hall–Kier alpha value is -1.20. The molecule has 0 bridgehead atoms. The summed E-state index contributed by atoms with van der Waals surface area (Å²) in [6, 6.07) is 7.35. The summed E-state index contributed by atoms with van der Waals surface area (Å²) in [5.74, 6) is 1.91. The summed E-state index contributed by atoms with van der Waals surface area (Å²) in [6.45, 7) is 2.31. The standard InChI is InChI=1S/C14H20N2O2S/c1-11-2-4-12(5-3-11)16-13(17)15-10-14(18)6-8-19-9-7-14/h2-5,18H,6-10H2,1H3,(H2,15,16,17). The van der Waals surface area contributed by atoms with Crippen molar-refractivity contribution in [2.24, 2.45) is 0 Å². The topological polar surface area (TPSA) is 61.4 Å². The predicted octanol–water partition coefficient (Wildman–Crippen LogP) is 2.37. The summed E-state index contributed by atoms with van der Waals surface area (Å²) in [5.41, 5.74) is 1.17. The molecule has 0 unspecified atom stereocenters. The minimum atomic E-state index is -0.740. The van der Waals surface area contributed by atoms with Crippen LogP contribution in [0.2, 0.25) is 0 Å². The maximum atomic E-state index is 11.7. The quantitative estimate of drug-likeness (QED) is 0.796. The monoisotopic (exact) mass is 280 g/mol. The molecule has 3 N–H and O–H groups in total. The lowest BCUT2D eigenvalue weighted by Crippen LogP contribution is -2.46. The molecule has 0 spiro atoms. The molecule has 0 aromatic heterocycles. The highest BCUT2D eigenvalue weighted by Crippen LogP contribution is 2.26. The van der Waals surface area contributed by atoms with Crippen molar-refractivity contribution in [3.63, 3.8) is 0 Å². The molecule has 1 saturated heterocycles. The molecule has 104 valence electrons. The average molecular weight is 280 g/mol. The van der Waals surface area contributed by atoms with Gasteiger partial charge in [0, 0.05) is 12.2 Å². The smallest absolute Gasteiger partial charge is 0.319 e. The lowest BCUT2D eigenvalue weighted by Gasteiger charge is -2.31. The number of thioether (sulfide) groups is 1. The van der Waals surface area contributed by atoms with Gasteiger partial charge in [-0.25, -0.2) is 4.79 Å². The highest BCUT2D eigenvalue weighted by atomic mass is 32.2. The number of hydrogen-bond donors (Lipinski definition) is 3. The minimum Gasteiger partial charge on any atom is -0.388 e. The summed E-state index contributed by atoms with van der Waals surface area (Å²) in [4.78, 5) is 11.7. The first-order valence-electron chi connectivity index (χ1n) is 6.49. The Balaban J connectivity index is 1.79. The van der Waals surface area contributed by atoms with E-state index in [9.17, 15) is 9.90 Å². The highest BCUT2D eigenvalue weighted by Gasteiger charge is 2.29. The van der Waals surface area contributed by atoms with Gasteiger partial charge in [-0.15, -0.1) is 0 Å². The molecule has 4 nitrogen and oxygen atoms in total. The Morgan fingerprint density at radius 1 is 1.32 bits per heavy atom. The van der Waals surface area contributed by atoms with Crippen LogP contribution in [0.4, 0.5) is 10.5 Å². The summed E-state index contributed by atoms with van der Waals surface area (Å²) in [7, 11) is 0. The third kappa shape index (κ3) is 4.44. The normalized spacial score (nSPS) is 17.8. The second-order valence-electron chi connectivity index (χ2n) is 5.01. The van der Waals surface area contributed by atoms with Crippen molar-refractivity contribution in [2.45, 2.75) is 25.4 Å². The van der Waals surface area contributed by atoms with Crippen LogP contribution in [0.5, 0.6) is 0 Å². The first-order valence-corrected chi connectivity index (χ1v) is 7.65. The summed E-state index contributed by atoms with van der Waals surface area (Å²) >= 11 is 1.85. The Labute approximate surface area is 118 Å². The second kappa shape index (κ2) is 6.30. The van der Waals surface area contributed by atoms with Gasteiger partial charge in [-0.2, -0.15) is 11.8 Å². The van der Waals surface area contributed by atoms with E-state index in [1.807, 2.05) is 43.0 Å². The van der Waals surface area contributed by atoms with E-state index < -0.39 is 5.60 Å². The number of urea groups is 1. The number of nitrogens with one attached hydrogen (secondary N) is 2. The van der Waals surface area contributed by atoms with Gasteiger partial charge < -0.3 is 15.7 Å². The predicted molar refractivity (Wildman–Crippen MR) is 79.7 cm³/mol. The number of aryl methyl sites for hydroxylation is 1. The zero-order chi connectivity index (χ0) is 13.7. The molecule has 0 saturated carbocycles. The van der Waals surface area contributed by atoms with Crippen LogP contribution in [-0.4, -0.2) is 34.8 Å². The number of rotatable bonds is 3. The molecule has 0 aliphatic carbocycles. The van der Waals surface area contributed by atoms with Gasteiger partial charge in [0.25, 0.3) is 0 Å². The molecule has 1 aromatic carbocycles. The van der Waals surface area contributed by atoms with E-state index in [0.29, 0.717) is 6.54 Å². The van der Waals surface area contributed by atoms with E-state index in [2.05, 4.69) is 10.6 Å². The molecule has 19 heavy (non-hydrogen) atoms. The fourth-order valence-electron chi connectivity index (χ4n) is 1.99. The van der Waals surface area contributed by atoms with Gasteiger partial charge in [-0.1, -0.05) is 17.7 Å². The van der Waals surface area contributed by atoms with Gasteiger partial charge in [0.1, 0.15) is 0 Å². The van der Waals surface area contributed by atoms with Crippen LogP contribution in [0.25, 0.3) is 0 Å². The van der Waals surface area contributed by atoms with Gasteiger partial charge in [0.2, 0.25) is 0 Å². The van der Waals surface area contributed by atoms with Crippen molar-refractivity contribution in [1.29, 1.82) is 0 Å². The number of amides is 2. The second-order valence-corrected chi connectivity index (χ2v) is 6.24. The summed E-state index contributed by atoms with van der Waals surface area (Å²) in [5, 5.41) is 15.8. The molecule has 1 fully saturated rings. The van der Waals surface area contributed by atoms with Crippen LogP contribution in [0.1, 0.15) is 18.4 Å². The first kappa shape index (κ1) is 14.2. The third-order valence-corrected chi connectivity index (χ3v) is 4.30. The van der Waals surface area contributed by atoms with Gasteiger partial charge in [0.05, 0.1) is 5.60 Å². The van der Waals surface area contributed by atoms with Crippen molar-refractivity contribution < 1.29 is 9.90 Å². The first-order chi connectivity index (χ1) is 9.07. The number of aliphatic hydroxyl groups is 1.